The maximum absolute atomic E-state index is 12.4. The van der Waals surface area contributed by atoms with Crippen molar-refractivity contribution in [3.05, 3.63) is 59.7 Å². The van der Waals surface area contributed by atoms with Crippen LogP contribution in [0.1, 0.15) is 36.8 Å². The highest BCUT2D eigenvalue weighted by Gasteiger charge is 2.30. The molecule has 2 unspecified atom stereocenters. The molecule has 4 N–H and O–H groups in total. The molecule has 8 heteroatoms. The van der Waals surface area contributed by atoms with E-state index in [4.69, 9.17) is 14.9 Å². The monoisotopic (exact) mass is 426 g/mol. The van der Waals surface area contributed by atoms with E-state index in [1.165, 1.54) is 0 Å². The number of carbonyl (C=O) groups is 3. The van der Waals surface area contributed by atoms with Gasteiger partial charge in [0.25, 0.3) is 0 Å². The fourth-order valence-electron chi connectivity index (χ4n) is 3.79. The zero-order chi connectivity index (χ0) is 22.4. The summed E-state index contributed by atoms with van der Waals surface area (Å²) in [4.78, 5) is 35.9. The quantitative estimate of drug-likeness (QED) is 0.487. The number of alkyl carbamates (subject to hydrolysis) is 1. The summed E-state index contributed by atoms with van der Waals surface area (Å²) in [7, 11) is 0. The molecule has 2 amide bonds. The molecule has 31 heavy (non-hydrogen) atoms. The van der Waals surface area contributed by atoms with Crippen LogP contribution in [0.4, 0.5) is 4.79 Å². The van der Waals surface area contributed by atoms with E-state index in [0.717, 1.165) is 22.3 Å². The minimum atomic E-state index is -1.25. The zero-order valence-corrected chi connectivity index (χ0v) is 17.2. The molecule has 3 rings (SSSR count). The van der Waals surface area contributed by atoms with E-state index in [1.807, 2.05) is 48.5 Å². The van der Waals surface area contributed by atoms with E-state index in [-0.39, 0.29) is 32.0 Å². The summed E-state index contributed by atoms with van der Waals surface area (Å²) in [6, 6.07) is 13.8. The largest absolute Gasteiger partial charge is 0.480 e. The number of ether oxygens (including phenoxy) is 1. The van der Waals surface area contributed by atoms with E-state index >= 15 is 0 Å². The van der Waals surface area contributed by atoms with Crippen molar-refractivity contribution in [3.63, 3.8) is 0 Å². The van der Waals surface area contributed by atoms with Crippen LogP contribution in [0, 0.1) is 0 Å². The first-order chi connectivity index (χ1) is 15.0. The lowest BCUT2D eigenvalue weighted by Crippen LogP contribution is -2.51. The molecule has 2 aromatic rings. The second-order valence-corrected chi connectivity index (χ2v) is 7.34. The molecule has 0 aliphatic heterocycles. The van der Waals surface area contributed by atoms with Crippen LogP contribution < -0.4 is 10.6 Å². The zero-order valence-electron chi connectivity index (χ0n) is 17.2. The van der Waals surface area contributed by atoms with Crippen LogP contribution in [0.5, 0.6) is 0 Å². The van der Waals surface area contributed by atoms with Gasteiger partial charge >= 0.3 is 12.1 Å². The molecule has 0 spiro atoms. The number of amides is 2. The van der Waals surface area contributed by atoms with Crippen molar-refractivity contribution < 1.29 is 29.3 Å². The number of aliphatic hydroxyl groups excluding tert-OH is 1. The number of hydrogen-bond donors (Lipinski definition) is 4. The van der Waals surface area contributed by atoms with E-state index < -0.39 is 30.1 Å². The van der Waals surface area contributed by atoms with Gasteiger partial charge in [-0.05, 0) is 28.7 Å². The molecule has 2 aromatic carbocycles. The first kappa shape index (κ1) is 22.3. The molecule has 0 saturated carbocycles. The summed E-state index contributed by atoms with van der Waals surface area (Å²) in [5, 5.41) is 22.9. The normalized spacial score (nSPS) is 14.1. The molecule has 0 saturated heterocycles. The number of nitrogens with one attached hydrogen (secondary N) is 2. The van der Waals surface area contributed by atoms with Crippen molar-refractivity contribution >= 4 is 18.0 Å². The van der Waals surface area contributed by atoms with Crippen LogP contribution in [0.3, 0.4) is 0 Å². The molecule has 0 radical (unpaired) electrons. The number of benzene rings is 2. The Labute approximate surface area is 180 Å². The van der Waals surface area contributed by atoms with Crippen LogP contribution in [0.15, 0.2) is 48.5 Å². The molecule has 1 aliphatic carbocycles. The van der Waals surface area contributed by atoms with Gasteiger partial charge in [-0.25, -0.2) is 9.59 Å². The first-order valence-electron chi connectivity index (χ1n) is 10.2. The van der Waals surface area contributed by atoms with Gasteiger partial charge in [-0.1, -0.05) is 55.5 Å². The number of rotatable bonds is 9. The van der Waals surface area contributed by atoms with Crippen LogP contribution in [0.2, 0.25) is 0 Å². The Morgan fingerprint density at radius 1 is 0.968 bits per heavy atom. The first-order valence-corrected chi connectivity index (χ1v) is 10.2. The van der Waals surface area contributed by atoms with Crippen molar-refractivity contribution in [2.45, 2.75) is 37.8 Å². The number of carboxylic acid groups (broad SMARTS) is 1. The van der Waals surface area contributed by atoms with Crippen molar-refractivity contribution in [1.29, 1.82) is 0 Å². The third-order valence-corrected chi connectivity index (χ3v) is 5.39. The van der Waals surface area contributed by atoms with E-state index in [0.29, 0.717) is 0 Å². The van der Waals surface area contributed by atoms with E-state index in [1.54, 1.807) is 6.92 Å². The molecule has 0 bridgehead atoms. The van der Waals surface area contributed by atoms with Crippen LogP contribution in [0.25, 0.3) is 11.1 Å². The van der Waals surface area contributed by atoms with Crippen molar-refractivity contribution in [2.75, 3.05) is 13.2 Å². The lowest BCUT2D eigenvalue weighted by atomic mass is 9.98. The molecular weight excluding hydrogens is 400 g/mol. The van der Waals surface area contributed by atoms with Gasteiger partial charge in [0.15, 0.2) is 0 Å². The van der Waals surface area contributed by atoms with Gasteiger partial charge in [0.1, 0.15) is 18.7 Å². The fourth-order valence-corrected chi connectivity index (χ4v) is 3.79. The molecule has 0 fully saturated rings. The minimum absolute atomic E-state index is 0.104. The molecular formula is C23H26N2O6. The average Bonchev–Trinajstić information content (AvgIpc) is 3.09. The molecule has 1 aliphatic rings. The van der Waals surface area contributed by atoms with Crippen molar-refractivity contribution in [1.82, 2.24) is 10.6 Å². The van der Waals surface area contributed by atoms with E-state index in [9.17, 15) is 14.4 Å². The van der Waals surface area contributed by atoms with Gasteiger partial charge in [-0.2, -0.15) is 0 Å². The smallest absolute Gasteiger partial charge is 0.407 e. The highest BCUT2D eigenvalue weighted by Crippen LogP contribution is 2.44. The van der Waals surface area contributed by atoms with Crippen LogP contribution in [-0.2, 0) is 14.3 Å². The van der Waals surface area contributed by atoms with Gasteiger partial charge in [0, 0.05) is 18.9 Å². The number of hydrogen-bond acceptors (Lipinski definition) is 5. The lowest BCUT2D eigenvalue weighted by molar-refractivity contribution is -0.142. The second-order valence-electron chi connectivity index (χ2n) is 7.34. The Balaban J connectivity index is 1.62. The van der Waals surface area contributed by atoms with Gasteiger partial charge in [-0.15, -0.1) is 0 Å². The molecule has 2 atom stereocenters. The fraction of sp³-hybridized carbons (Fsp3) is 0.348. The van der Waals surface area contributed by atoms with Crippen molar-refractivity contribution in [2.24, 2.45) is 0 Å². The van der Waals surface area contributed by atoms with Gasteiger partial charge in [-0.3, -0.25) is 4.79 Å². The Morgan fingerprint density at radius 3 is 2.06 bits per heavy atom. The predicted molar refractivity (Wildman–Crippen MR) is 114 cm³/mol. The predicted octanol–water partition coefficient (Wildman–Crippen LogP) is 2.26. The topological polar surface area (TPSA) is 125 Å². The number of aliphatic carboxylic acids is 1. The summed E-state index contributed by atoms with van der Waals surface area (Å²) in [6.45, 7) is 1.42. The van der Waals surface area contributed by atoms with Crippen LogP contribution >= 0.6 is 0 Å². The van der Waals surface area contributed by atoms with Gasteiger partial charge < -0.3 is 25.6 Å². The Hall–Kier alpha value is -3.39. The summed E-state index contributed by atoms with van der Waals surface area (Å²) >= 11 is 0. The number of fused-ring (bicyclic) bond motifs is 3. The molecule has 0 heterocycles. The summed E-state index contributed by atoms with van der Waals surface area (Å²) in [6.07, 6.45) is -0.623. The maximum atomic E-state index is 12.4. The van der Waals surface area contributed by atoms with Crippen LogP contribution in [-0.4, -0.2) is 53.5 Å². The SMILES string of the molecule is CCC(NC(=O)OCC1c2ccccc2-c2ccccc21)C(=O)NC(CCO)C(=O)O. The second kappa shape index (κ2) is 10.1. The van der Waals surface area contributed by atoms with Gasteiger partial charge in [0.2, 0.25) is 5.91 Å². The summed E-state index contributed by atoms with van der Waals surface area (Å²) in [5.74, 6) is -2.00. The third-order valence-electron chi connectivity index (χ3n) is 5.39. The maximum Gasteiger partial charge on any atom is 0.407 e. The molecule has 0 aromatic heterocycles. The van der Waals surface area contributed by atoms with Crippen molar-refractivity contribution in [3.8, 4) is 11.1 Å². The Kier molecular flexibility index (Phi) is 7.25. The average molecular weight is 426 g/mol. The summed E-state index contributed by atoms with van der Waals surface area (Å²) < 4.78 is 5.44. The Bertz CT molecular complexity index is 915. The lowest BCUT2D eigenvalue weighted by Gasteiger charge is -2.20. The van der Waals surface area contributed by atoms with E-state index in [2.05, 4.69) is 10.6 Å². The Morgan fingerprint density at radius 2 is 1.55 bits per heavy atom. The number of aliphatic hydroxyl groups is 1. The summed E-state index contributed by atoms with van der Waals surface area (Å²) in [5.41, 5.74) is 4.38. The minimum Gasteiger partial charge on any atom is -0.480 e. The number of carboxylic acids is 1. The molecule has 8 nitrogen and oxygen atoms in total. The standard InChI is InChI=1S/C23H26N2O6/c1-2-19(21(27)24-20(11-12-26)22(28)29)25-23(30)31-13-18-16-9-5-3-7-14(16)15-8-4-6-10-17(15)18/h3-10,18-20,26H,2,11-13H2,1H3,(H,24,27)(H,25,30)(H,28,29). The third kappa shape index (κ3) is 5.03. The molecule has 164 valence electrons. The highest BCUT2D eigenvalue weighted by molar-refractivity contribution is 5.89. The van der Waals surface area contributed by atoms with Gasteiger partial charge in [0.05, 0.1) is 0 Å². The highest BCUT2D eigenvalue weighted by atomic mass is 16.5. The number of carbonyl (C=O) groups excluding carboxylic acids is 2.